The van der Waals surface area contributed by atoms with Gasteiger partial charge in [-0.1, -0.05) is 54.6 Å². The van der Waals surface area contributed by atoms with E-state index in [-0.39, 0.29) is 60.2 Å². The monoisotopic (exact) mass is 1300 g/mol. The number of halogens is 1. The van der Waals surface area contributed by atoms with Crippen LogP contribution in [0.25, 0.3) is 16.6 Å². The largest absolute Gasteiger partial charge is 0.476 e. The van der Waals surface area contributed by atoms with Crippen molar-refractivity contribution >= 4 is 76.0 Å². The Morgan fingerprint density at radius 1 is 0.468 bits per heavy atom. The van der Waals surface area contributed by atoms with Crippen molar-refractivity contribution in [2.45, 2.75) is 91.6 Å². The van der Waals surface area contributed by atoms with E-state index in [0.29, 0.717) is 37.6 Å². The average Bonchev–Trinajstić information content (AvgIpc) is 1.41. The number of hydrogen-bond donors (Lipinski definition) is 5. The number of carbonyl (C=O) groups is 5. The summed E-state index contributed by atoms with van der Waals surface area (Å²) in [5.41, 5.74) is 15.2. The van der Waals surface area contributed by atoms with Gasteiger partial charge in [0.15, 0.2) is 17.1 Å². The molecule has 0 unspecified atom stereocenters. The molecule has 3 aliphatic heterocycles. The molecule has 6 aromatic heterocycles. The summed E-state index contributed by atoms with van der Waals surface area (Å²) >= 11 is 0. The Morgan fingerprint density at radius 3 is 1.11 bits per heavy atom. The third-order valence-corrected chi connectivity index (χ3v) is 15.8. The van der Waals surface area contributed by atoms with Crippen LogP contribution in [0, 0.1) is 0 Å². The molecule has 0 radical (unpaired) electrons. The number of nitrogens with zero attached hydrogens (tertiary/aromatic N) is 11. The molecule has 6 N–H and O–H groups in total. The number of hydrogen-bond acceptors (Lipinski definition) is 15. The van der Waals surface area contributed by atoms with E-state index in [0.717, 1.165) is 91.3 Å². The van der Waals surface area contributed by atoms with Crippen molar-refractivity contribution in [3.63, 3.8) is 0 Å². The molecule has 3 aliphatic rings. The van der Waals surface area contributed by atoms with Crippen LogP contribution in [0.5, 0.6) is 0 Å². The Morgan fingerprint density at radius 2 is 0.787 bits per heavy atom. The second-order valence-corrected chi connectivity index (χ2v) is 25.2. The van der Waals surface area contributed by atoms with Gasteiger partial charge in [-0.3, -0.25) is 9.59 Å². The van der Waals surface area contributed by atoms with Crippen LogP contribution in [-0.4, -0.2) is 163 Å². The normalized spacial score (nSPS) is 15.1. The minimum atomic E-state index is -1.00. The maximum Gasteiger partial charge on any atom is 0.410 e. The lowest BCUT2D eigenvalue weighted by Gasteiger charge is -2.36. The summed E-state index contributed by atoms with van der Waals surface area (Å²) < 4.78 is 15.8. The van der Waals surface area contributed by atoms with Crippen LogP contribution in [0.1, 0.15) is 129 Å². The maximum atomic E-state index is 12.6. The van der Waals surface area contributed by atoms with Crippen molar-refractivity contribution in [2.75, 3.05) is 93.2 Å². The first kappa shape index (κ1) is 70.2. The SMILES string of the molecule is C[C@@H](N)c1ccc(N2CCN(C(=O)OC(C)(C)C)CC2)cc1.C[C@@H](NC(=O)c1cc2ccccn2n1)c1ccc(N2CCN(C(=O)OC(C)(C)C)CC2)cc1.C[C@@H](NC(=O)c1cc2ccccn2n1)c1ccc(N2CCNCC2)cc1.Cl.O=C(O)c1cc2ccccn2n1. The number of fused-ring (bicyclic) bond motifs is 3. The molecule has 12 rings (SSSR count). The number of aromatic nitrogens is 6. The fraction of sp³-hybridized carbons (Fsp3) is 0.371. The summed E-state index contributed by atoms with van der Waals surface area (Å²) in [6, 6.07) is 46.8. The van der Waals surface area contributed by atoms with E-state index in [2.05, 4.69) is 107 Å². The molecule has 3 atom stereocenters. The van der Waals surface area contributed by atoms with Gasteiger partial charge in [0, 0.05) is 120 Å². The second kappa shape index (κ2) is 31.7. The van der Waals surface area contributed by atoms with E-state index in [1.54, 1.807) is 49.3 Å². The van der Waals surface area contributed by atoms with Gasteiger partial charge < -0.3 is 60.8 Å². The standard InChI is InChI=1S/C25H31N5O3.C20H23N5O.C17H27N3O2.C8H6N2O2.ClH/c1-18(26-23(31)22-17-21-7-5-6-12-30(21)27-22)19-8-10-20(11-9-19)28-13-15-29(16-14-28)24(32)33-25(2,3)4;1-15(16-5-7-17(8-6-16)24-12-9-21-10-13-24)22-20(26)19-14-18-4-2-3-11-25(18)23-19;1-13(18)14-5-7-15(8-6-14)19-9-11-20(12-10-19)16(21)22-17(2,3)4;11-8(12)7-5-6-3-1-2-4-10(6)9-7;/h5-12,17-18H,13-16H2,1-4H3,(H,26,31);2-8,11,14-15,21H,9-10,12-13H2,1H3,(H,22,26);5-8,13H,9-12,18H2,1-4H3;1-5H,(H,11,12);1H/t18-;15-;13-;;/m111../s1. The molecule has 498 valence electrons. The molecule has 9 heterocycles. The number of ether oxygens (including phenoxy) is 2. The Kier molecular flexibility index (Phi) is 23.7. The van der Waals surface area contributed by atoms with Crippen molar-refractivity contribution in [3.05, 3.63) is 198 Å². The summed E-state index contributed by atoms with van der Waals surface area (Å²) in [5, 5.41) is 30.5. The second-order valence-electron chi connectivity index (χ2n) is 25.2. The first-order chi connectivity index (χ1) is 44.4. The maximum absolute atomic E-state index is 12.6. The molecule has 0 saturated carbocycles. The van der Waals surface area contributed by atoms with Crippen molar-refractivity contribution in [1.82, 2.24) is 54.6 Å². The number of carboxylic acid groups (broad SMARTS) is 1. The molecule has 3 fully saturated rings. The lowest BCUT2D eigenvalue weighted by Crippen LogP contribution is -2.50. The van der Waals surface area contributed by atoms with Crippen LogP contribution in [0.2, 0.25) is 0 Å². The number of benzene rings is 3. The fourth-order valence-corrected chi connectivity index (χ4v) is 10.7. The zero-order chi connectivity index (χ0) is 66.4. The van der Waals surface area contributed by atoms with Crippen molar-refractivity contribution in [1.29, 1.82) is 0 Å². The van der Waals surface area contributed by atoms with Crippen molar-refractivity contribution in [2.24, 2.45) is 5.73 Å². The van der Waals surface area contributed by atoms with Crippen LogP contribution in [0.15, 0.2) is 164 Å². The minimum Gasteiger partial charge on any atom is -0.476 e. The molecule has 23 nitrogen and oxygen atoms in total. The highest BCUT2D eigenvalue weighted by Gasteiger charge is 2.28. The van der Waals surface area contributed by atoms with Gasteiger partial charge in [-0.15, -0.1) is 12.4 Å². The molecule has 0 aliphatic carbocycles. The molecular formula is C70H88ClN15O8. The van der Waals surface area contributed by atoms with Gasteiger partial charge >= 0.3 is 18.2 Å². The minimum absolute atomic E-state index is 0. The number of carboxylic acids is 1. The molecule has 9 aromatic rings. The van der Waals surface area contributed by atoms with Crippen LogP contribution in [0.3, 0.4) is 0 Å². The van der Waals surface area contributed by atoms with Crippen LogP contribution in [0.4, 0.5) is 26.7 Å². The zero-order valence-corrected chi connectivity index (χ0v) is 55.8. The zero-order valence-electron chi connectivity index (χ0n) is 55.0. The quantitative estimate of drug-likeness (QED) is 0.0807. The van der Waals surface area contributed by atoms with Crippen LogP contribution < -0.4 is 36.4 Å². The number of nitrogens with one attached hydrogen (secondary N) is 3. The molecule has 24 heteroatoms. The van der Waals surface area contributed by atoms with Gasteiger partial charge in [0.2, 0.25) is 0 Å². The van der Waals surface area contributed by atoms with Crippen molar-refractivity contribution in [3.8, 4) is 0 Å². The van der Waals surface area contributed by atoms with E-state index < -0.39 is 17.2 Å². The number of aromatic carboxylic acids is 1. The predicted octanol–water partition coefficient (Wildman–Crippen LogP) is 10.3. The van der Waals surface area contributed by atoms with Crippen LogP contribution >= 0.6 is 12.4 Å². The van der Waals surface area contributed by atoms with Crippen LogP contribution in [-0.2, 0) is 9.47 Å². The summed E-state index contributed by atoms with van der Waals surface area (Å²) in [6.07, 6.45) is 4.89. The molecule has 4 amide bonds. The first-order valence-electron chi connectivity index (χ1n) is 31.6. The summed E-state index contributed by atoms with van der Waals surface area (Å²) in [5.74, 6) is -1.36. The van der Waals surface area contributed by atoms with E-state index in [1.807, 2.05) is 129 Å². The Hall–Kier alpha value is -9.71. The van der Waals surface area contributed by atoms with E-state index in [4.69, 9.17) is 20.3 Å². The lowest BCUT2D eigenvalue weighted by molar-refractivity contribution is 0.0230. The Bertz CT molecular complexity index is 3850. The smallest absolute Gasteiger partial charge is 0.410 e. The number of nitrogens with two attached hydrogens (primary N) is 1. The average molecular weight is 1300 g/mol. The highest BCUT2D eigenvalue weighted by molar-refractivity contribution is 5.94. The lowest BCUT2D eigenvalue weighted by atomic mass is 10.1. The van der Waals surface area contributed by atoms with Gasteiger partial charge in [-0.05, 0) is 170 Å². The third-order valence-electron chi connectivity index (χ3n) is 15.8. The topological polar surface area (TPSA) is 254 Å². The van der Waals surface area contributed by atoms with E-state index in [1.165, 1.54) is 22.0 Å². The highest BCUT2D eigenvalue weighted by atomic mass is 35.5. The number of amides is 4. The number of rotatable bonds is 11. The van der Waals surface area contributed by atoms with E-state index >= 15 is 0 Å². The third kappa shape index (κ3) is 19.4. The summed E-state index contributed by atoms with van der Waals surface area (Å²) in [7, 11) is 0. The molecule has 3 saturated heterocycles. The molecule has 0 spiro atoms. The number of carbonyl (C=O) groups excluding carboxylic acids is 4. The van der Waals surface area contributed by atoms with Gasteiger partial charge in [0.25, 0.3) is 11.8 Å². The predicted molar refractivity (Wildman–Crippen MR) is 369 cm³/mol. The van der Waals surface area contributed by atoms with Gasteiger partial charge in [-0.2, -0.15) is 15.3 Å². The highest BCUT2D eigenvalue weighted by Crippen LogP contribution is 2.25. The number of pyridine rings is 3. The van der Waals surface area contributed by atoms with Crippen molar-refractivity contribution < 1.29 is 38.6 Å². The first-order valence-corrected chi connectivity index (χ1v) is 31.6. The fourth-order valence-electron chi connectivity index (χ4n) is 10.7. The van der Waals surface area contributed by atoms with Gasteiger partial charge in [0.05, 0.1) is 28.6 Å². The molecule has 3 aromatic carbocycles. The Labute approximate surface area is 555 Å². The summed E-state index contributed by atoms with van der Waals surface area (Å²) in [6.45, 7) is 27.1. The van der Waals surface area contributed by atoms with E-state index in [9.17, 15) is 24.0 Å². The molecular weight excluding hydrogens is 1210 g/mol. The molecule has 94 heavy (non-hydrogen) atoms. The number of anilines is 3. The molecule has 0 bridgehead atoms. The van der Waals surface area contributed by atoms with Gasteiger partial charge in [-0.25, -0.2) is 27.9 Å². The Balaban J connectivity index is 0.000000168. The van der Waals surface area contributed by atoms with Gasteiger partial charge in [0.1, 0.15) is 11.2 Å². The number of piperazine rings is 3. The summed E-state index contributed by atoms with van der Waals surface area (Å²) in [4.78, 5) is 70.4.